The first-order valence-electron chi connectivity index (χ1n) is 10.2. The second-order valence-corrected chi connectivity index (χ2v) is 9.94. The van der Waals surface area contributed by atoms with Crippen molar-refractivity contribution in [2.75, 3.05) is 18.4 Å². The first kappa shape index (κ1) is 20.7. The van der Waals surface area contributed by atoms with E-state index in [0.29, 0.717) is 31.6 Å². The molecule has 9 heteroatoms. The molecule has 2 heterocycles. The van der Waals surface area contributed by atoms with E-state index in [1.807, 2.05) is 12.2 Å². The number of carbonyl (C=O) groups excluding carboxylic acids is 3. The molecule has 0 saturated carbocycles. The Kier molecular flexibility index (Phi) is 5.50. The Labute approximate surface area is 176 Å². The smallest absolute Gasteiger partial charge is 0.247 e. The van der Waals surface area contributed by atoms with Crippen molar-refractivity contribution in [2.24, 2.45) is 11.8 Å². The van der Waals surface area contributed by atoms with Crippen molar-refractivity contribution < 1.29 is 22.8 Å². The zero-order valence-corrected chi connectivity index (χ0v) is 17.6. The van der Waals surface area contributed by atoms with Gasteiger partial charge in [-0.2, -0.15) is 4.31 Å². The molecule has 1 aliphatic carbocycles. The highest BCUT2D eigenvalue weighted by Crippen LogP contribution is 2.36. The summed E-state index contributed by atoms with van der Waals surface area (Å²) in [4.78, 5) is 39.2. The zero-order valence-electron chi connectivity index (χ0n) is 16.8. The van der Waals surface area contributed by atoms with Crippen LogP contribution >= 0.6 is 0 Å². The van der Waals surface area contributed by atoms with Gasteiger partial charge in [0.15, 0.2) is 0 Å². The van der Waals surface area contributed by atoms with Crippen molar-refractivity contribution >= 4 is 33.4 Å². The quantitative estimate of drug-likeness (QED) is 0.565. The molecule has 0 spiro atoms. The molecule has 30 heavy (non-hydrogen) atoms. The van der Waals surface area contributed by atoms with Crippen molar-refractivity contribution in [3.63, 3.8) is 0 Å². The molecule has 2 aliphatic heterocycles. The number of sulfonamides is 1. The fourth-order valence-corrected chi connectivity index (χ4v) is 5.88. The summed E-state index contributed by atoms with van der Waals surface area (Å²) in [6, 6.07) is 5.01. The normalized spacial score (nSPS) is 25.4. The number of amides is 3. The van der Waals surface area contributed by atoms with Gasteiger partial charge in [0.2, 0.25) is 27.7 Å². The van der Waals surface area contributed by atoms with Crippen LogP contribution < -0.4 is 5.32 Å². The summed E-state index contributed by atoms with van der Waals surface area (Å²) in [6.45, 7) is 2.57. The molecule has 2 fully saturated rings. The van der Waals surface area contributed by atoms with Crippen molar-refractivity contribution in [2.45, 2.75) is 43.5 Å². The number of hydrogen-bond donors (Lipinski definition) is 1. The van der Waals surface area contributed by atoms with Crippen LogP contribution in [-0.4, -0.2) is 54.5 Å². The monoisotopic (exact) mass is 431 g/mol. The third kappa shape index (κ3) is 3.56. The van der Waals surface area contributed by atoms with Crippen LogP contribution in [0.3, 0.4) is 0 Å². The molecule has 3 amide bonds. The lowest BCUT2D eigenvalue weighted by molar-refractivity contribution is -0.146. The number of fused-ring (bicyclic) bond motifs is 1. The fourth-order valence-electron chi connectivity index (χ4n) is 4.36. The van der Waals surface area contributed by atoms with E-state index in [4.69, 9.17) is 0 Å². The molecule has 2 saturated heterocycles. The minimum Gasteiger partial charge on any atom is -0.324 e. The molecule has 8 nitrogen and oxygen atoms in total. The minimum absolute atomic E-state index is 0.178. The lowest BCUT2D eigenvalue weighted by atomic mass is 9.85. The highest BCUT2D eigenvalue weighted by atomic mass is 32.2. The molecule has 3 aliphatic rings. The van der Waals surface area contributed by atoms with Crippen LogP contribution in [0.2, 0.25) is 0 Å². The topological polar surface area (TPSA) is 104 Å². The van der Waals surface area contributed by atoms with Gasteiger partial charge >= 0.3 is 0 Å². The van der Waals surface area contributed by atoms with E-state index in [0.717, 1.165) is 17.7 Å². The number of carbonyl (C=O) groups is 3. The van der Waals surface area contributed by atoms with Crippen LogP contribution in [0.5, 0.6) is 0 Å². The van der Waals surface area contributed by atoms with Gasteiger partial charge in [0.1, 0.15) is 6.04 Å². The number of imide groups is 1. The predicted octanol–water partition coefficient (Wildman–Crippen LogP) is 1.75. The van der Waals surface area contributed by atoms with Gasteiger partial charge in [-0.15, -0.1) is 0 Å². The average molecular weight is 432 g/mol. The molecular formula is C21H25N3O5S. The maximum absolute atomic E-state index is 12.7. The van der Waals surface area contributed by atoms with E-state index in [9.17, 15) is 22.8 Å². The SMILES string of the molecule is C[C@@H](C(=O)Nc1ccc(S(=O)(=O)N2CCCC2)cc1)N1C(=O)C2CC=CCC2C1=O. The molecular weight excluding hydrogens is 406 g/mol. The van der Waals surface area contributed by atoms with Gasteiger partial charge in [-0.3, -0.25) is 19.3 Å². The second-order valence-electron chi connectivity index (χ2n) is 8.00. The van der Waals surface area contributed by atoms with Crippen LogP contribution in [0.1, 0.15) is 32.6 Å². The van der Waals surface area contributed by atoms with Crippen LogP contribution in [0, 0.1) is 11.8 Å². The number of rotatable bonds is 5. The minimum atomic E-state index is -3.52. The number of likely N-dealkylation sites (tertiary alicyclic amines) is 1. The molecule has 0 aromatic heterocycles. The lowest BCUT2D eigenvalue weighted by Crippen LogP contribution is -2.46. The standard InChI is InChI=1S/C21H25N3O5S/c1-14(24-20(26)17-6-2-3-7-18(17)21(24)27)19(25)22-15-8-10-16(11-9-15)30(28,29)23-12-4-5-13-23/h2-3,8-11,14,17-18H,4-7,12-13H2,1H3,(H,22,25)/t14-,17?,18?/m0/s1. The number of nitrogens with one attached hydrogen (secondary N) is 1. The van der Waals surface area contributed by atoms with Crippen molar-refractivity contribution in [1.29, 1.82) is 0 Å². The van der Waals surface area contributed by atoms with E-state index in [-0.39, 0.29) is 28.5 Å². The number of hydrogen-bond acceptors (Lipinski definition) is 5. The third-order valence-corrected chi connectivity index (χ3v) is 8.05. The van der Waals surface area contributed by atoms with E-state index in [2.05, 4.69) is 5.32 Å². The highest BCUT2D eigenvalue weighted by molar-refractivity contribution is 7.89. The Morgan fingerprint density at radius 2 is 1.53 bits per heavy atom. The van der Waals surface area contributed by atoms with Gasteiger partial charge in [0.05, 0.1) is 16.7 Å². The van der Waals surface area contributed by atoms with Crippen LogP contribution in [0.15, 0.2) is 41.3 Å². The summed E-state index contributed by atoms with van der Waals surface area (Å²) in [5.41, 5.74) is 0.408. The Balaban J connectivity index is 1.44. The molecule has 1 aromatic rings. The molecule has 2 unspecified atom stereocenters. The molecule has 1 aromatic carbocycles. The Bertz CT molecular complexity index is 970. The second kappa shape index (κ2) is 7.96. The van der Waals surface area contributed by atoms with Crippen LogP contribution in [-0.2, 0) is 24.4 Å². The summed E-state index contributed by atoms with van der Waals surface area (Å²) in [7, 11) is -3.52. The fraction of sp³-hybridized carbons (Fsp3) is 0.476. The predicted molar refractivity (Wildman–Crippen MR) is 110 cm³/mol. The van der Waals surface area contributed by atoms with Gasteiger partial charge in [-0.25, -0.2) is 8.42 Å². The molecule has 0 bridgehead atoms. The maximum atomic E-state index is 12.7. The van der Waals surface area contributed by atoms with E-state index >= 15 is 0 Å². The van der Waals surface area contributed by atoms with E-state index < -0.39 is 22.0 Å². The van der Waals surface area contributed by atoms with Gasteiger partial charge < -0.3 is 5.32 Å². The molecule has 0 radical (unpaired) electrons. The Hall–Kier alpha value is -2.52. The summed E-state index contributed by atoms with van der Waals surface area (Å²) in [5, 5.41) is 2.68. The summed E-state index contributed by atoms with van der Waals surface area (Å²) in [5.74, 6) is -1.85. The zero-order chi connectivity index (χ0) is 21.5. The Morgan fingerprint density at radius 3 is 2.07 bits per heavy atom. The largest absolute Gasteiger partial charge is 0.324 e. The molecule has 4 rings (SSSR count). The highest BCUT2D eigenvalue weighted by Gasteiger charge is 2.50. The van der Waals surface area contributed by atoms with Gasteiger partial charge in [0.25, 0.3) is 0 Å². The van der Waals surface area contributed by atoms with E-state index in [1.165, 1.54) is 35.5 Å². The summed E-state index contributed by atoms with van der Waals surface area (Å²) >= 11 is 0. The number of nitrogens with zero attached hydrogens (tertiary/aromatic N) is 2. The first-order valence-corrected chi connectivity index (χ1v) is 11.7. The Morgan fingerprint density at radius 1 is 1.00 bits per heavy atom. The lowest BCUT2D eigenvalue weighted by Gasteiger charge is -2.22. The van der Waals surface area contributed by atoms with Crippen LogP contribution in [0.4, 0.5) is 5.69 Å². The van der Waals surface area contributed by atoms with Crippen molar-refractivity contribution in [1.82, 2.24) is 9.21 Å². The average Bonchev–Trinajstić information content (AvgIpc) is 3.37. The van der Waals surface area contributed by atoms with Crippen molar-refractivity contribution in [3.05, 3.63) is 36.4 Å². The first-order chi connectivity index (χ1) is 14.3. The number of benzene rings is 1. The molecule has 1 N–H and O–H groups in total. The van der Waals surface area contributed by atoms with E-state index in [1.54, 1.807) is 0 Å². The van der Waals surface area contributed by atoms with Gasteiger partial charge in [-0.05, 0) is 56.9 Å². The number of anilines is 1. The number of allylic oxidation sites excluding steroid dienone is 2. The van der Waals surface area contributed by atoms with Gasteiger partial charge in [-0.1, -0.05) is 12.2 Å². The summed E-state index contributed by atoms with van der Waals surface area (Å²) in [6.07, 6.45) is 6.56. The maximum Gasteiger partial charge on any atom is 0.247 e. The summed E-state index contributed by atoms with van der Waals surface area (Å²) < 4.78 is 26.7. The third-order valence-electron chi connectivity index (χ3n) is 6.13. The molecule has 3 atom stereocenters. The molecule has 160 valence electrons. The van der Waals surface area contributed by atoms with Gasteiger partial charge in [0, 0.05) is 18.8 Å². The van der Waals surface area contributed by atoms with Crippen molar-refractivity contribution in [3.8, 4) is 0 Å². The van der Waals surface area contributed by atoms with Crippen LogP contribution in [0.25, 0.3) is 0 Å².